The van der Waals surface area contributed by atoms with Crippen molar-refractivity contribution in [3.05, 3.63) is 34.3 Å². The minimum absolute atomic E-state index is 0.134. The molecule has 0 aromatic heterocycles. The number of carbonyl (C=O) groups is 1. The Morgan fingerprint density at radius 3 is 2.58 bits per heavy atom. The number of nitrogens with one attached hydrogen (secondary N) is 1. The normalized spacial score (nSPS) is 20.4. The zero-order chi connectivity index (χ0) is 13.2. The summed E-state index contributed by atoms with van der Waals surface area (Å²) >= 11 is 3.52. The van der Waals surface area contributed by atoms with Gasteiger partial charge in [0.1, 0.15) is 0 Å². The Bertz CT molecular complexity index is 465. The van der Waals surface area contributed by atoms with Gasteiger partial charge < -0.3 is 10.2 Å². The fourth-order valence-electron chi connectivity index (χ4n) is 2.67. The van der Waals surface area contributed by atoms with E-state index in [1.165, 1.54) is 5.56 Å². The van der Waals surface area contributed by atoms with Gasteiger partial charge in [0, 0.05) is 23.6 Å². The molecule has 1 heterocycles. The number of likely N-dealkylation sites (tertiary alicyclic amines) is 1. The van der Waals surface area contributed by atoms with Gasteiger partial charge in [-0.3, -0.25) is 0 Å². The zero-order valence-electron chi connectivity index (χ0n) is 10.9. The van der Waals surface area contributed by atoms with Gasteiger partial charge in [-0.05, 0) is 49.3 Å². The molecule has 19 heavy (non-hydrogen) atoms. The summed E-state index contributed by atoms with van der Waals surface area (Å²) in [4.78, 5) is 13.9. The van der Waals surface area contributed by atoms with Crippen LogP contribution in [-0.2, 0) is 0 Å². The Kier molecular flexibility index (Phi) is 3.78. The number of halogens is 1. The molecule has 1 aromatic carbocycles. The Hall–Kier alpha value is -1.03. The third-order valence-corrected chi connectivity index (χ3v) is 4.50. The number of benzene rings is 1. The van der Waals surface area contributed by atoms with E-state index in [4.69, 9.17) is 0 Å². The summed E-state index contributed by atoms with van der Waals surface area (Å²) in [6.45, 7) is 1.74. The minimum Gasteiger partial charge on any atom is -0.335 e. The molecule has 0 unspecified atom stereocenters. The SMILES string of the molecule is O=C(NC1CC1)N1CCC(c2cccc(Br)c2)CC1. The summed E-state index contributed by atoms with van der Waals surface area (Å²) < 4.78 is 1.14. The van der Waals surface area contributed by atoms with Crippen LogP contribution in [0.5, 0.6) is 0 Å². The van der Waals surface area contributed by atoms with Crippen molar-refractivity contribution in [3.8, 4) is 0 Å². The second kappa shape index (κ2) is 5.53. The summed E-state index contributed by atoms with van der Waals surface area (Å²) in [5.74, 6) is 0.586. The van der Waals surface area contributed by atoms with Gasteiger partial charge in [0.25, 0.3) is 0 Å². The number of nitrogens with zero attached hydrogens (tertiary/aromatic N) is 1. The van der Waals surface area contributed by atoms with Crippen molar-refractivity contribution < 1.29 is 4.79 Å². The van der Waals surface area contributed by atoms with Gasteiger partial charge in [-0.1, -0.05) is 28.1 Å². The number of piperidine rings is 1. The highest BCUT2D eigenvalue weighted by Gasteiger charge is 2.28. The molecule has 2 aliphatic rings. The van der Waals surface area contributed by atoms with E-state index in [9.17, 15) is 4.79 Å². The van der Waals surface area contributed by atoms with E-state index in [1.807, 2.05) is 4.90 Å². The fourth-order valence-corrected chi connectivity index (χ4v) is 3.09. The van der Waals surface area contributed by atoms with Gasteiger partial charge in [-0.2, -0.15) is 0 Å². The molecule has 0 bridgehead atoms. The maximum Gasteiger partial charge on any atom is 0.317 e. The smallest absolute Gasteiger partial charge is 0.317 e. The number of rotatable bonds is 2. The van der Waals surface area contributed by atoms with Crippen LogP contribution in [0.3, 0.4) is 0 Å². The largest absolute Gasteiger partial charge is 0.335 e. The van der Waals surface area contributed by atoms with Gasteiger partial charge in [0.15, 0.2) is 0 Å². The van der Waals surface area contributed by atoms with Crippen LogP contribution in [0.4, 0.5) is 4.79 Å². The molecule has 3 nitrogen and oxygen atoms in total. The molecule has 1 saturated carbocycles. The Labute approximate surface area is 122 Å². The second-order valence-corrected chi connectivity index (χ2v) is 6.46. The van der Waals surface area contributed by atoms with Crippen LogP contribution < -0.4 is 5.32 Å². The Morgan fingerprint density at radius 1 is 1.21 bits per heavy atom. The summed E-state index contributed by atoms with van der Waals surface area (Å²) in [7, 11) is 0. The molecule has 0 spiro atoms. The van der Waals surface area contributed by atoms with Crippen molar-refractivity contribution in [2.24, 2.45) is 0 Å². The highest BCUT2D eigenvalue weighted by Crippen LogP contribution is 2.29. The van der Waals surface area contributed by atoms with E-state index in [-0.39, 0.29) is 6.03 Å². The molecule has 1 aromatic rings. The van der Waals surface area contributed by atoms with Crippen LogP contribution in [0.2, 0.25) is 0 Å². The minimum atomic E-state index is 0.134. The number of hydrogen-bond acceptors (Lipinski definition) is 1. The molecule has 3 rings (SSSR count). The first-order valence-electron chi connectivity index (χ1n) is 7.03. The number of urea groups is 1. The lowest BCUT2D eigenvalue weighted by molar-refractivity contribution is 0.181. The monoisotopic (exact) mass is 322 g/mol. The average Bonchev–Trinajstić information content (AvgIpc) is 3.23. The molecule has 1 aliphatic heterocycles. The van der Waals surface area contributed by atoms with Crippen molar-refractivity contribution in [2.45, 2.75) is 37.6 Å². The predicted molar refractivity (Wildman–Crippen MR) is 79.2 cm³/mol. The summed E-state index contributed by atoms with van der Waals surface area (Å²) in [6, 6.07) is 9.12. The maximum absolute atomic E-state index is 12.0. The van der Waals surface area contributed by atoms with Crippen LogP contribution in [0.1, 0.15) is 37.2 Å². The van der Waals surface area contributed by atoms with Crippen LogP contribution >= 0.6 is 15.9 Å². The number of carbonyl (C=O) groups excluding carboxylic acids is 1. The maximum atomic E-state index is 12.0. The van der Waals surface area contributed by atoms with Gasteiger partial charge in [-0.15, -0.1) is 0 Å². The van der Waals surface area contributed by atoms with Crippen molar-refractivity contribution in [2.75, 3.05) is 13.1 Å². The van der Waals surface area contributed by atoms with E-state index in [0.29, 0.717) is 12.0 Å². The van der Waals surface area contributed by atoms with Crippen molar-refractivity contribution in [1.82, 2.24) is 10.2 Å². The fraction of sp³-hybridized carbons (Fsp3) is 0.533. The lowest BCUT2D eigenvalue weighted by atomic mass is 9.90. The average molecular weight is 323 g/mol. The molecule has 102 valence electrons. The van der Waals surface area contributed by atoms with Crippen LogP contribution in [-0.4, -0.2) is 30.1 Å². The van der Waals surface area contributed by atoms with Crippen molar-refractivity contribution >= 4 is 22.0 Å². The molecule has 0 atom stereocenters. The summed E-state index contributed by atoms with van der Waals surface area (Å²) in [5, 5.41) is 3.07. The Balaban J connectivity index is 1.55. The second-order valence-electron chi connectivity index (χ2n) is 5.54. The first-order chi connectivity index (χ1) is 9.22. The van der Waals surface area contributed by atoms with Gasteiger partial charge in [-0.25, -0.2) is 4.79 Å². The summed E-state index contributed by atoms with van der Waals surface area (Å²) in [6.07, 6.45) is 4.43. The predicted octanol–water partition coefficient (Wildman–Crippen LogP) is 3.50. The van der Waals surface area contributed by atoms with Crippen molar-refractivity contribution in [1.29, 1.82) is 0 Å². The highest BCUT2D eigenvalue weighted by molar-refractivity contribution is 9.10. The van der Waals surface area contributed by atoms with Crippen molar-refractivity contribution in [3.63, 3.8) is 0 Å². The van der Waals surface area contributed by atoms with E-state index in [0.717, 1.165) is 43.2 Å². The molecule has 2 fully saturated rings. The number of amides is 2. The molecule has 1 saturated heterocycles. The lowest BCUT2D eigenvalue weighted by Crippen LogP contribution is -2.44. The van der Waals surface area contributed by atoms with Gasteiger partial charge in [0.2, 0.25) is 0 Å². The third-order valence-electron chi connectivity index (χ3n) is 4.01. The molecule has 1 N–H and O–H groups in total. The highest BCUT2D eigenvalue weighted by atomic mass is 79.9. The molecule has 2 amide bonds. The zero-order valence-corrected chi connectivity index (χ0v) is 12.5. The van der Waals surface area contributed by atoms with E-state index in [1.54, 1.807) is 0 Å². The first kappa shape index (κ1) is 13.0. The topological polar surface area (TPSA) is 32.3 Å². The van der Waals surface area contributed by atoms with Crippen LogP contribution in [0, 0.1) is 0 Å². The molecule has 0 radical (unpaired) electrons. The summed E-state index contributed by atoms with van der Waals surface area (Å²) in [5.41, 5.74) is 1.39. The number of hydrogen-bond donors (Lipinski definition) is 1. The molecule has 4 heteroatoms. The van der Waals surface area contributed by atoms with Crippen LogP contribution in [0.15, 0.2) is 28.7 Å². The van der Waals surface area contributed by atoms with E-state index >= 15 is 0 Å². The van der Waals surface area contributed by atoms with E-state index < -0.39 is 0 Å². The first-order valence-corrected chi connectivity index (χ1v) is 7.82. The van der Waals surface area contributed by atoms with Crippen LogP contribution in [0.25, 0.3) is 0 Å². The van der Waals surface area contributed by atoms with Gasteiger partial charge >= 0.3 is 6.03 Å². The van der Waals surface area contributed by atoms with E-state index in [2.05, 4.69) is 45.5 Å². The molecular formula is C15H19BrN2O. The van der Waals surface area contributed by atoms with Gasteiger partial charge in [0.05, 0.1) is 0 Å². The lowest BCUT2D eigenvalue weighted by Gasteiger charge is -2.32. The molecular weight excluding hydrogens is 304 g/mol. The molecule has 1 aliphatic carbocycles. The quantitative estimate of drug-likeness (QED) is 0.888. The third kappa shape index (κ3) is 3.30. The Morgan fingerprint density at radius 2 is 1.95 bits per heavy atom. The standard InChI is InChI=1S/C15H19BrN2O/c16-13-3-1-2-12(10-13)11-6-8-18(9-7-11)15(19)17-14-4-5-14/h1-3,10-11,14H,4-9H2,(H,17,19).